The van der Waals surface area contributed by atoms with Gasteiger partial charge >= 0.3 is 0 Å². The van der Waals surface area contributed by atoms with Crippen LogP contribution in [-0.2, 0) is 9.59 Å². The predicted octanol–water partition coefficient (Wildman–Crippen LogP) is 4.50. The number of para-hydroxylation sites is 2. The van der Waals surface area contributed by atoms with Crippen LogP contribution >= 0.6 is 0 Å². The van der Waals surface area contributed by atoms with E-state index < -0.39 is 11.8 Å². The summed E-state index contributed by atoms with van der Waals surface area (Å²) in [5, 5.41) is 3.14. The molecule has 0 radical (unpaired) electrons. The molecule has 168 valence electrons. The largest absolute Gasteiger partial charge is 0.497 e. The third kappa shape index (κ3) is 4.25. The van der Waals surface area contributed by atoms with E-state index in [0.717, 1.165) is 4.90 Å². The molecular weight excluding hydrogens is 420 g/mol. The van der Waals surface area contributed by atoms with Crippen LogP contribution in [0.4, 0.5) is 11.4 Å². The van der Waals surface area contributed by atoms with Gasteiger partial charge < -0.3 is 19.5 Å². The van der Waals surface area contributed by atoms with Gasteiger partial charge in [0.1, 0.15) is 22.9 Å². The van der Waals surface area contributed by atoms with Crippen molar-refractivity contribution in [3.8, 4) is 17.2 Å². The SMILES string of the molecule is CCOc1ccc(C2=C(Nc3ccccc3OC)C(=O)N(c3cccc(OC)c3)C2=O)cc1. The molecule has 1 aliphatic heterocycles. The van der Waals surface area contributed by atoms with E-state index in [2.05, 4.69) is 5.32 Å². The third-order valence-corrected chi connectivity index (χ3v) is 5.22. The molecule has 0 aromatic heterocycles. The minimum atomic E-state index is -0.469. The molecule has 3 aromatic rings. The molecule has 1 aliphatic rings. The van der Waals surface area contributed by atoms with Gasteiger partial charge in [0.25, 0.3) is 11.8 Å². The Morgan fingerprint density at radius 3 is 2.27 bits per heavy atom. The average Bonchev–Trinajstić information content (AvgIpc) is 3.09. The molecule has 0 saturated heterocycles. The van der Waals surface area contributed by atoms with E-state index in [1.807, 2.05) is 19.1 Å². The summed E-state index contributed by atoms with van der Waals surface area (Å²) in [7, 11) is 3.08. The second-order valence-electron chi connectivity index (χ2n) is 7.18. The molecule has 7 nitrogen and oxygen atoms in total. The number of ether oxygens (including phenoxy) is 3. The van der Waals surface area contributed by atoms with Gasteiger partial charge in [-0.05, 0) is 48.9 Å². The van der Waals surface area contributed by atoms with E-state index in [1.54, 1.807) is 67.8 Å². The monoisotopic (exact) mass is 444 g/mol. The second kappa shape index (κ2) is 9.48. The normalized spacial score (nSPS) is 13.4. The van der Waals surface area contributed by atoms with Crippen molar-refractivity contribution in [3.63, 3.8) is 0 Å². The molecule has 3 aromatic carbocycles. The Hall–Kier alpha value is -4.26. The molecule has 0 unspecified atom stereocenters. The highest BCUT2D eigenvalue weighted by atomic mass is 16.5. The number of nitrogens with zero attached hydrogens (tertiary/aromatic N) is 1. The van der Waals surface area contributed by atoms with Crippen molar-refractivity contribution in [2.75, 3.05) is 31.0 Å². The van der Waals surface area contributed by atoms with Crippen molar-refractivity contribution < 1.29 is 23.8 Å². The lowest BCUT2D eigenvalue weighted by atomic mass is 10.0. The highest BCUT2D eigenvalue weighted by Gasteiger charge is 2.40. The zero-order chi connectivity index (χ0) is 23.4. The van der Waals surface area contributed by atoms with E-state index in [1.165, 1.54) is 7.11 Å². The quantitative estimate of drug-likeness (QED) is 0.516. The zero-order valence-corrected chi connectivity index (χ0v) is 18.6. The van der Waals surface area contributed by atoms with Gasteiger partial charge in [-0.15, -0.1) is 0 Å². The van der Waals surface area contributed by atoms with E-state index in [9.17, 15) is 9.59 Å². The summed E-state index contributed by atoms with van der Waals surface area (Å²) in [5.41, 5.74) is 2.02. The molecule has 0 fully saturated rings. The maximum absolute atomic E-state index is 13.6. The van der Waals surface area contributed by atoms with Gasteiger partial charge in [0, 0.05) is 6.07 Å². The van der Waals surface area contributed by atoms with Crippen LogP contribution < -0.4 is 24.4 Å². The highest BCUT2D eigenvalue weighted by molar-refractivity contribution is 6.46. The number of nitrogens with one attached hydrogen (secondary N) is 1. The lowest BCUT2D eigenvalue weighted by molar-refractivity contribution is -0.120. The Morgan fingerprint density at radius 2 is 1.58 bits per heavy atom. The van der Waals surface area contributed by atoms with E-state index in [0.29, 0.717) is 40.8 Å². The molecular formula is C26H24N2O5. The second-order valence-corrected chi connectivity index (χ2v) is 7.18. The van der Waals surface area contributed by atoms with Gasteiger partial charge in [-0.25, -0.2) is 4.90 Å². The van der Waals surface area contributed by atoms with Crippen LogP contribution in [0.2, 0.25) is 0 Å². The molecule has 0 bridgehead atoms. The van der Waals surface area contributed by atoms with Crippen LogP contribution in [0.3, 0.4) is 0 Å². The molecule has 4 rings (SSSR count). The summed E-state index contributed by atoms with van der Waals surface area (Å²) in [6.45, 7) is 2.43. The fourth-order valence-electron chi connectivity index (χ4n) is 3.66. The topological polar surface area (TPSA) is 77.1 Å². The first kappa shape index (κ1) is 22.0. The Kier molecular flexibility index (Phi) is 6.31. The van der Waals surface area contributed by atoms with Crippen LogP contribution in [0.15, 0.2) is 78.5 Å². The first-order valence-corrected chi connectivity index (χ1v) is 10.5. The van der Waals surface area contributed by atoms with Crippen molar-refractivity contribution in [1.29, 1.82) is 0 Å². The van der Waals surface area contributed by atoms with Crippen molar-refractivity contribution in [1.82, 2.24) is 0 Å². The number of rotatable bonds is 8. The molecule has 1 N–H and O–H groups in total. The van der Waals surface area contributed by atoms with Gasteiger partial charge in [-0.1, -0.05) is 30.3 Å². The molecule has 0 spiro atoms. The number of benzene rings is 3. The number of hydrogen-bond acceptors (Lipinski definition) is 6. The zero-order valence-electron chi connectivity index (χ0n) is 18.6. The van der Waals surface area contributed by atoms with Crippen LogP contribution in [0, 0.1) is 0 Å². The Morgan fingerprint density at radius 1 is 0.818 bits per heavy atom. The Labute approximate surface area is 192 Å². The Balaban J connectivity index is 1.81. The lowest BCUT2D eigenvalue weighted by Crippen LogP contribution is -2.32. The molecule has 0 saturated carbocycles. The van der Waals surface area contributed by atoms with Gasteiger partial charge in [0.2, 0.25) is 0 Å². The van der Waals surface area contributed by atoms with Gasteiger partial charge in [-0.2, -0.15) is 0 Å². The fraction of sp³-hybridized carbons (Fsp3) is 0.154. The Bertz CT molecular complexity index is 1220. The van der Waals surface area contributed by atoms with Gasteiger partial charge in [0.05, 0.1) is 37.8 Å². The van der Waals surface area contributed by atoms with Crippen LogP contribution in [0.25, 0.3) is 5.57 Å². The summed E-state index contributed by atoms with van der Waals surface area (Å²) < 4.78 is 16.2. The molecule has 2 amide bonds. The number of methoxy groups -OCH3 is 2. The maximum atomic E-state index is 13.6. The summed E-state index contributed by atoms with van der Waals surface area (Å²) in [5.74, 6) is 0.873. The van der Waals surface area contributed by atoms with E-state index in [4.69, 9.17) is 14.2 Å². The number of imide groups is 1. The average molecular weight is 444 g/mol. The standard InChI is InChI=1S/C26H24N2O5/c1-4-33-19-14-12-17(13-15-19)23-24(27-21-10-5-6-11-22(21)32-3)26(30)28(25(23)29)18-8-7-9-20(16-18)31-2/h5-16,27H,4H2,1-3H3. The van der Waals surface area contributed by atoms with Crippen LogP contribution in [-0.4, -0.2) is 32.6 Å². The highest BCUT2D eigenvalue weighted by Crippen LogP contribution is 2.36. The van der Waals surface area contributed by atoms with E-state index in [-0.39, 0.29) is 11.3 Å². The maximum Gasteiger partial charge on any atom is 0.282 e. The summed E-state index contributed by atoms with van der Waals surface area (Å²) in [6.07, 6.45) is 0. The van der Waals surface area contributed by atoms with Gasteiger partial charge in [0.15, 0.2) is 0 Å². The molecule has 7 heteroatoms. The van der Waals surface area contributed by atoms with Crippen LogP contribution in [0.1, 0.15) is 12.5 Å². The van der Waals surface area contributed by atoms with Crippen molar-refractivity contribution in [2.45, 2.75) is 6.92 Å². The minimum absolute atomic E-state index is 0.163. The number of carbonyl (C=O) groups excluding carboxylic acids is 2. The van der Waals surface area contributed by atoms with Gasteiger partial charge in [-0.3, -0.25) is 9.59 Å². The summed E-state index contributed by atoms with van der Waals surface area (Å²) >= 11 is 0. The lowest BCUT2D eigenvalue weighted by Gasteiger charge is -2.16. The molecule has 1 heterocycles. The van der Waals surface area contributed by atoms with Crippen LogP contribution in [0.5, 0.6) is 17.2 Å². The van der Waals surface area contributed by atoms with Crippen molar-refractivity contribution in [3.05, 3.63) is 84.1 Å². The predicted molar refractivity (Wildman–Crippen MR) is 127 cm³/mol. The smallest absolute Gasteiger partial charge is 0.282 e. The molecule has 0 atom stereocenters. The first-order chi connectivity index (χ1) is 16.1. The minimum Gasteiger partial charge on any atom is -0.497 e. The van der Waals surface area contributed by atoms with Crippen molar-refractivity contribution in [2.24, 2.45) is 0 Å². The number of carbonyl (C=O) groups is 2. The number of amides is 2. The van der Waals surface area contributed by atoms with Crippen molar-refractivity contribution >= 4 is 28.8 Å². The molecule has 0 aliphatic carbocycles. The first-order valence-electron chi connectivity index (χ1n) is 10.5. The van der Waals surface area contributed by atoms with E-state index >= 15 is 0 Å². The number of hydrogen-bond donors (Lipinski definition) is 1. The summed E-state index contributed by atoms with van der Waals surface area (Å²) in [4.78, 5) is 28.3. The summed E-state index contributed by atoms with van der Waals surface area (Å²) in [6, 6.07) is 21.1. The fourth-order valence-corrected chi connectivity index (χ4v) is 3.66. The molecule has 33 heavy (non-hydrogen) atoms. The third-order valence-electron chi connectivity index (χ3n) is 5.22. The number of anilines is 2.